The summed E-state index contributed by atoms with van der Waals surface area (Å²) in [7, 11) is 0. The summed E-state index contributed by atoms with van der Waals surface area (Å²) < 4.78 is 0. The minimum Gasteiger partial charge on any atom is -0.103 e. The molecule has 0 heteroatoms. The molecule has 0 aliphatic carbocycles. The normalized spacial score (nSPS) is 7.88. The molecule has 0 bridgehead atoms. The molecule has 0 nitrogen and oxygen atoms in total. The summed E-state index contributed by atoms with van der Waals surface area (Å²) in [6.07, 6.45) is 12.6. The molecule has 0 rings (SSSR count). The maximum atomic E-state index is 6.56. The van der Waals surface area contributed by atoms with Crippen molar-refractivity contribution < 1.29 is 0 Å². The van der Waals surface area contributed by atoms with Gasteiger partial charge in [-0.3, -0.25) is 0 Å². The first-order valence-electron chi connectivity index (χ1n) is 2.92. The highest BCUT2D eigenvalue weighted by atomic mass is 13.8. The van der Waals surface area contributed by atoms with Crippen LogP contribution < -0.4 is 0 Å². The standard InChI is InChI=1S/C8H11/c1-3-5-7-8-6-4-2/h3H,1,5-8H2. The van der Waals surface area contributed by atoms with Crippen LogP contribution in [0.3, 0.4) is 0 Å². The van der Waals surface area contributed by atoms with Gasteiger partial charge in [0.05, 0.1) is 0 Å². The van der Waals surface area contributed by atoms with E-state index in [1.54, 1.807) is 0 Å². The van der Waals surface area contributed by atoms with Crippen LogP contribution in [-0.4, -0.2) is 0 Å². The summed E-state index contributed by atoms with van der Waals surface area (Å²) in [4.78, 5) is 0. The second kappa shape index (κ2) is 6.30. The quantitative estimate of drug-likeness (QED) is 0.294. The average molecular weight is 107 g/mol. The van der Waals surface area contributed by atoms with Gasteiger partial charge in [0, 0.05) is 6.42 Å². The Morgan fingerprint density at radius 1 is 1.50 bits per heavy atom. The van der Waals surface area contributed by atoms with Crippen molar-refractivity contribution in [2.24, 2.45) is 0 Å². The molecule has 0 unspecified atom stereocenters. The van der Waals surface area contributed by atoms with Crippen molar-refractivity contribution in [3.63, 3.8) is 0 Å². The molecular weight excluding hydrogens is 96.1 g/mol. The fourth-order valence-corrected chi connectivity index (χ4v) is 0.502. The molecule has 0 aromatic rings. The third kappa shape index (κ3) is 5.30. The molecule has 0 saturated carbocycles. The van der Waals surface area contributed by atoms with E-state index in [-0.39, 0.29) is 0 Å². The van der Waals surface area contributed by atoms with Crippen LogP contribution in [0.2, 0.25) is 0 Å². The van der Waals surface area contributed by atoms with Crippen LogP contribution in [0.5, 0.6) is 0 Å². The van der Waals surface area contributed by atoms with E-state index >= 15 is 0 Å². The Labute approximate surface area is 51.6 Å². The largest absolute Gasteiger partial charge is 0.103 e. The molecule has 0 spiro atoms. The lowest BCUT2D eigenvalue weighted by molar-refractivity contribution is 0.772. The highest BCUT2D eigenvalue weighted by molar-refractivity contribution is 4.75. The van der Waals surface area contributed by atoms with Crippen LogP contribution >= 0.6 is 0 Å². The Bertz CT molecular complexity index is 84.7. The predicted octanol–water partition coefficient (Wildman–Crippen LogP) is 2.32. The lowest BCUT2D eigenvalue weighted by atomic mass is 10.2. The zero-order chi connectivity index (χ0) is 6.24. The maximum Gasteiger partial charge on any atom is 0.00990 e. The van der Waals surface area contributed by atoms with Crippen molar-refractivity contribution in [1.29, 1.82) is 0 Å². The molecule has 0 aliphatic heterocycles. The van der Waals surface area contributed by atoms with E-state index in [0.717, 1.165) is 25.7 Å². The zero-order valence-corrected chi connectivity index (χ0v) is 5.11. The van der Waals surface area contributed by atoms with Crippen LogP contribution in [0.1, 0.15) is 25.7 Å². The summed E-state index contributed by atoms with van der Waals surface area (Å²) in [5, 5.41) is 0. The molecule has 0 fully saturated rings. The summed E-state index contributed by atoms with van der Waals surface area (Å²) in [6, 6.07) is 0. The first-order valence-corrected chi connectivity index (χ1v) is 2.92. The minimum atomic E-state index is 0.799. The molecule has 0 heterocycles. The predicted molar refractivity (Wildman–Crippen MR) is 35.8 cm³/mol. The first kappa shape index (κ1) is 7.30. The van der Waals surface area contributed by atoms with Crippen LogP contribution in [0, 0.1) is 12.3 Å². The Hall–Kier alpha value is -0.700. The number of unbranched alkanes of at least 4 members (excludes halogenated alkanes) is 3. The molecule has 0 aromatic heterocycles. The highest BCUT2D eigenvalue weighted by Gasteiger charge is 1.79. The molecular formula is C8H11. The van der Waals surface area contributed by atoms with Gasteiger partial charge in [-0.15, -0.1) is 6.58 Å². The van der Waals surface area contributed by atoms with E-state index < -0.39 is 0 Å². The fourth-order valence-electron chi connectivity index (χ4n) is 0.502. The van der Waals surface area contributed by atoms with Gasteiger partial charge in [0.1, 0.15) is 0 Å². The van der Waals surface area contributed by atoms with E-state index in [0.29, 0.717) is 0 Å². The van der Waals surface area contributed by atoms with E-state index in [1.807, 2.05) is 6.08 Å². The number of rotatable bonds is 4. The van der Waals surface area contributed by atoms with Crippen LogP contribution in [0.4, 0.5) is 0 Å². The van der Waals surface area contributed by atoms with Gasteiger partial charge in [-0.2, -0.15) is 0 Å². The van der Waals surface area contributed by atoms with E-state index in [9.17, 15) is 0 Å². The Morgan fingerprint density at radius 3 is 2.75 bits per heavy atom. The van der Waals surface area contributed by atoms with Gasteiger partial charge in [0.25, 0.3) is 0 Å². The van der Waals surface area contributed by atoms with E-state index in [4.69, 9.17) is 6.42 Å². The van der Waals surface area contributed by atoms with Gasteiger partial charge >= 0.3 is 0 Å². The lowest BCUT2D eigenvalue weighted by Crippen LogP contribution is -1.69. The Kier molecular flexibility index (Phi) is 5.75. The first-order chi connectivity index (χ1) is 3.91. The topological polar surface area (TPSA) is 0 Å². The van der Waals surface area contributed by atoms with Crippen molar-refractivity contribution in [2.75, 3.05) is 0 Å². The van der Waals surface area contributed by atoms with Crippen molar-refractivity contribution in [3.05, 3.63) is 19.1 Å². The third-order valence-corrected chi connectivity index (χ3v) is 0.960. The van der Waals surface area contributed by atoms with Gasteiger partial charge in [0.15, 0.2) is 0 Å². The summed E-state index contributed by atoms with van der Waals surface area (Å²) in [5.74, 6) is 2.34. The summed E-state index contributed by atoms with van der Waals surface area (Å²) in [5.41, 5.74) is 0. The number of hydrogen-bond acceptors (Lipinski definition) is 0. The minimum absolute atomic E-state index is 0.799. The third-order valence-electron chi connectivity index (χ3n) is 0.960. The van der Waals surface area contributed by atoms with Gasteiger partial charge < -0.3 is 0 Å². The van der Waals surface area contributed by atoms with Crippen molar-refractivity contribution in [1.82, 2.24) is 0 Å². The molecule has 0 aliphatic rings. The molecule has 1 radical (unpaired) electrons. The molecule has 0 saturated heterocycles. The molecule has 8 heavy (non-hydrogen) atoms. The van der Waals surface area contributed by atoms with Crippen molar-refractivity contribution >= 4 is 0 Å². The van der Waals surface area contributed by atoms with Gasteiger partial charge in [-0.25, -0.2) is 0 Å². The van der Waals surface area contributed by atoms with Crippen molar-refractivity contribution in [3.8, 4) is 5.92 Å². The van der Waals surface area contributed by atoms with Gasteiger partial charge in [-0.1, -0.05) is 12.0 Å². The van der Waals surface area contributed by atoms with E-state index in [2.05, 4.69) is 12.5 Å². The Morgan fingerprint density at radius 2 is 2.25 bits per heavy atom. The van der Waals surface area contributed by atoms with Gasteiger partial charge in [-0.05, 0) is 25.7 Å². The average Bonchev–Trinajstić information content (AvgIpc) is 1.81. The summed E-state index contributed by atoms with van der Waals surface area (Å²) in [6.45, 7) is 3.59. The lowest BCUT2D eigenvalue weighted by Gasteiger charge is -1.87. The monoisotopic (exact) mass is 107 g/mol. The van der Waals surface area contributed by atoms with Crippen LogP contribution in [-0.2, 0) is 0 Å². The van der Waals surface area contributed by atoms with Crippen LogP contribution in [0.25, 0.3) is 0 Å². The molecule has 0 N–H and O–H groups in total. The van der Waals surface area contributed by atoms with E-state index in [1.165, 1.54) is 0 Å². The second-order valence-electron chi connectivity index (χ2n) is 1.71. The maximum absolute atomic E-state index is 6.56. The second-order valence-corrected chi connectivity index (χ2v) is 1.71. The smallest absolute Gasteiger partial charge is 0.00990 e. The highest BCUT2D eigenvalue weighted by Crippen LogP contribution is 1.97. The number of allylic oxidation sites excluding steroid dienone is 1. The molecule has 0 atom stereocenters. The molecule has 0 aromatic carbocycles. The van der Waals surface area contributed by atoms with Crippen LogP contribution in [0.15, 0.2) is 12.7 Å². The van der Waals surface area contributed by atoms with Crippen molar-refractivity contribution in [2.45, 2.75) is 25.7 Å². The fraction of sp³-hybridized carbons (Fsp3) is 0.500. The SMILES string of the molecule is [C]#CCCCCC=C. The van der Waals surface area contributed by atoms with Gasteiger partial charge in [0.2, 0.25) is 0 Å². The molecule has 43 valence electrons. The zero-order valence-electron chi connectivity index (χ0n) is 5.11. The molecule has 0 amide bonds. The summed E-state index contributed by atoms with van der Waals surface area (Å²) >= 11 is 0. The Balaban J connectivity index is 2.74. The number of hydrogen-bond donors (Lipinski definition) is 0.